The maximum absolute atomic E-state index is 9.26. The first-order chi connectivity index (χ1) is 11.8. The number of phenolic OH excluding ortho intramolecular Hbond substituents is 1. The summed E-state index contributed by atoms with van der Waals surface area (Å²) in [5.74, 6) is 1.12. The van der Waals surface area contributed by atoms with Gasteiger partial charge in [0, 0.05) is 30.3 Å². The molecule has 0 unspecified atom stereocenters. The number of rotatable bonds is 7. The number of phenols is 1. The lowest BCUT2D eigenvalue weighted by Crippen LogP contribution is -2.20. The Morgan fingerprint density at radius 3 is 2.46 bits per heavy atom. The Labute approximate surface area is 141 Å². The van der Waals surface area contributed by atoms with Gasteiger partial charge in [-0.2, -0.15) is 0 Å². The molecule has 0 fully saturated rings. The van der Waals surface area contributed by atoms with Crippen molar-refractivity contribution in [3.8, 4) is 11.5 Å². The summed E-state index contributed by atoms with van der Waals surface area (Å²) in [6.45, 7) is 2.02. The van der Waals surface area contributed by atoms with Crippen LogP contribution in [-0.2, 0) is 6.54 Å². The average molecular weight is 320 g/mol. The quantitative estimate of drug-likeness (QED) is 0.459. The third kappa shape index (κ3) is 3.73. The first kappa shape index (κ1) is 16.0. The van der Waals surface area contributed by atoms with E-state index in [1.54, 1.807) is 12.1 Å². The van der Waals surface area contributed by atoms with Gasteiger partial charge in [-0.05, 0) is 35.2 Å². The summed E-state index contributed by atoms with van der Waals surface area (Å²) in [5.41, 5.74) is 2.01. The molecule has 3 rings (SSSR count). The molecule has 0 saturated heterocycles. The zero-order chi connectivity index (χ0) is 16.8. The van der Waals surface area contributed by atoms with Crippen LogP contribution in [0.3, 0.4) is 0 Å². The fraction of sp³-hybridized carbons (Fsp3) is 0.150. The van der Waals surface area contributed by atoms with Crippen molar-refractivity contribution in [1.29, 1.82) is 5.41 Å². The highest BCUT2D eigenvalue weighted by Crippen LogP contribution is 2.27. The number of hydrogen-bond donors (Lipinski definition) is 3. The molecule has 4 nitrogen and oxygen atoms in total. The van der Waals surface area contributed by atoms with Gasteiger partial charge in [-0.3, -0.25) is 0 Å². The SMILES string of the molecule is N=Cc1ccc(OCCNCc2ccc(O)cc2)c2ccccc12. The summed E-state index contributed by atoms with van der Waals surface area (Å²) in [7, 11) is 0. The number of nitrogens with one attached hydrogen (secondary N) is 2. The Hall–Kier alpha value is -2.85. The van der Waals surface area contributed by atoms with Gasteiger partial charge in [-0.15, -0.1) is 0 Å². The predicted molar refractivity (Wildman–Crippen MR) is 97.1 cm³/mol. The van der Waals surface area contributed by atoms with Gasteiger partial charge >= 0.3 is 0 Å². The van der Waals surface area contributed by atoms with E-state index in [0.717, 1.165) is 40.7 Å². The number of hydrogen-bond acceptors (Lipinski definition) is 4. The highest BCUT2D eigenvalue weighted by Gasteiger charge is 2.05. The molecule has 0 heterocycles. The van der Waals surface area contributed by atoms with Crippen molar-refractivity contribution in [3.63, 3.8) is 0 Å². The average Bonchev–Trinajstić information content (AvgIpc) is 2.63. The van der Waals surface area contributed by atoms with Gasteiger partial charge in [0.05, 0.1) is 0 Å². The Morgan fingerprint density at radius 2 is 1.71 bits per heavy atom. The van der Waals surface area contributed by atoms with E-state index in [2.05, 4.69) is 5.32 Å². The molecule has 3 aromatic rings. The molecule has 0 radical (unpaired) electrons. The van der Waals surface area contributed by atoms with Crippen LogP contribution in [0.15, 0.2) is 60.7 Å². The van der Waals surface area contributed by atoms with Crippen LogP contribution >= 0.6 is 0 Å². The van der Waals surface area contributed by atoms with Crippen LogP contribution in [0.5, 0.6) is 11.5 Å². The van der Waals surface area contributed by atoms with Crippen molar-refractivity contribution in [2.24, 2.45) is 0 Å². The van der Waals surface area contributed by atoms with Crippen molar-refractivity contribution in [2.45, 2.75) is 6.54 Å². The van der Waals surface area contributed by atoms with E-state index in [9.17, 15) is 5.11 Å². The Morgan fingerprint density at radius 1 is 0.958 bits per heavy atom. The zero-order valence-electron chi connectivity index (χ0n) is 13.3. The summed E-state index contributed by atoms with van der Waals surface area (Å²) in [6.07, 6.45) is 1.37. The summed E-state index contributed by atoms with van der Waals surface area (Å²) in [6, 6.07) is 19.0. The minimum absolute atomic E-state index is 0.280. The lowest BCUT2D eigenvalue weighted by molar-refractivity contribution is 0.317. The fourth-order valence-electron chi connectivity index (χ4n) is 2.63. The van der Waals surface area contributed by atoms with Gasteiger partial charge in [0.25, 0.3) is 0 Å². The number of benzene rings is 3. The molecule has 24 heavy (non-hydrogen) atoms. The fourth-order valence-corrected chi connectivity index (χ4v) is 2.63. The van der Waals surface area contributed by atoms with E-state index in [4.69, 9.17) is 10.1 Å². The normalized spacial score (nSPS) is 10.7. The van der Waals surface area contributed by atoms with Crippen molar-refractivity contribution in [3.05, 3.63) is 71.8 Å². The number of ether oxygens (including phenoxy) is 1. The monoisotopic (exact) mass is 320 g/mol. The smallest absolute Gasteiger partial charge is 0.127 e. The molecule has 3 aromatic carbocycles. The molecule has 122 valence electrons. The Bertz CT molecular complexity index is 829. The van der Waals surface area contributed by atoms with E-state index < -0.39 is 0 Å². The van der Waals surface area contributed by atoms with Crippen LogP contribution < -0.4 is 10.1 Å². The highest BCUT2D eigenvalue weighted by atomic mass is 16.5. The van der Waals surface area contributed by atoms with Gasteiger partial charge in [0.1, 0.15) is 18.1 Å². The van der Waals surface area contributed by atoms with Crippen LogP contribution in [0.2, 0.25) is 0 Å². The Kier molecular flexibility index (Phi) is 5.08. The summed E-state index contributed by atoms with van der Waals surface area (Å²) in [5, 5.41) is 22.1. The molecule has 4 heteroatoms. The zero-order valence-corrected chi connectivity index (χ0v) is 13.3. The van der Waals surface area contributed by atoms with Crippen molar-refractivity contribution >= 4 is 17.0 Å². The molecular formula is C20H20N2O2. The maximum atomic E-state index is 9.26. The van der Waals surface area contributed by atoms with E-state index >= 15 is 0 Å². The maximum Gasteiger partial charge on any atom is 0.127 e. The van der Waals surface area contributed by atoms with Crippen LogP contribution in [0, 0.1) is 5.41 Å². The predicted octanol–water partition coefficient (Wildman–Crippen LogP) is 3.71. The van der Waals surface area contributed by atoms with Gasteiger partial charge in [0.2, 0.25) is 0 Å². The molecule has 0 atom stereocenters. The molecule has 0 amide bonds. The minimum Gasteiger partial charge on any atom is -0.508 e. The summed E-state index contributed by atoms with van der Waals surface area (Å²) in [4.78, 5) is 0. The standard InChI is InChI=1S/C20H20N2O2/c21-13-16-7-10-20(19-4-2-1-3-18(16)19)24-12-11-22-14-15-5-8-17(23)9-6-15/h1-10,13,21-23H,11-12,14H2. The van der Waals surface area contributed by atoms with Crippen molar-refractivity contribution in [2.75, 3.05) is 13.2 Å². The molecule has 0 aliphatic heterocycles. The van der Waals surface area contributed by atoms with E-state index in [1.807, 2.05) is 48.5 Å². The summed E-state index contributed by atoms with van der Waals surface area (Å²) < 4.78 is 5.90. The van der Waals surface area contributed by atoms with E-state index in [-0.39, 0.29) is 5.75 Å². The third-order valence-electron chi connectivity index (χ3n) is 3.88. The molecule has 0 aliphatic carbocycles. The van der Waals surface area contributed by atoms with Crippen LogP contribution in [-0.4, -0.2) is 24.5 Å². The van der Waals surface area contributed by atoms with Gasteiger partial charge in [-0.1, -0.05) is 36.4 Å². The van der Waals surface area contributed by atoms with Crippen molar-refractivity contribution in [1.82, 2.24) is 5.32 Å². The molecule has 0 saturated carbocycles. The molecule has 0 spiro atoms. The Balaban J connectivity index is 1.56. The van der Waals surface area contributed by atoms with Gasteiger partial charge in [0.15, 0.2) is 0 Å². The minimum atomic E-state index is 0.280. The van der Waals surface area contributed by atoms with Gasteiger partial charge < -0.3 is 20.6 Å². The second kappa shape index (κ2) is 7.62. The largest absolute Gasteiger partial charge is 0.508 e. The first-order valence-electron chi connectivity index (χ1n) is 7.91. The lowest BCUT2D eigenvalue weighted by Gasteiger charge is -2.11. The number of fused-ring (bicyclic) bond motifs is 1. The second-order valence-electron chi connectivity index (χ2n) is 5.53. The van der Waals surface area contributed by atoms with Crippen LogP contribution in [0.4, 0.5) is 0 Å². The molecule has 0 aliphatic rings. The number of aromatic hydroxyl groups is 1. The molecular weight excluding hydrogens is 300 g/mol. The van der Waals surface area contributed by atoms with E-state index in [1.165, 1.54) is 6.21 Å². The second-order valence-corrected chi connectivity index (χ2v) is 5.53. The van der Waals surface area contributed by atoms with E-state index in [0.29, 0.717) is 6.61 Å². The lowest BCUT2D eigenvalue weighted by atomic mass is 10.0. The molecule has 0 bridgehead atoms. The first-order valence-corrected chi connectivity index (χ1v) is 7.91. The summed E-state index contributed by atoms with van der Waals surface area (Å²) >= 11 is 0. The molecule has 3 N–H and O–H groups in total. The van der Waals surface area contributed by atoms with Crippen molar-refractivity contribution < 1.29 is 9.84 Å². The van der Waals surface area contributed by atoms with Gasteiger partial charge in [-0.25, -0.2) is 0 Å². The molecule has 0 aromatic heterocycles. The van der Waals surface area contributed by atoms with Crippen LogP contribution in [0.1, 0.15) is 11.1 Å². The third-order valence-corrected chi connectivity index (χ3v) is 3.88. The topological polar surface area (TPSA) is 65.3 Å². The highest BCUT2D eigenvalue weighted by molar-refractivity contribution is 6.01. The van der Waals surface area contributed by atoms with Crippen LogP contribution in [0.25, 0.3) is 10.8 Å².